The van der Waals surface area contributed by atoms with Crippen LogP contribution in [0.15, 0.2) is 58.7 Å². The number of aryl methyl sites for hydroxylation is 1. The molecule has 1 atom stereocenters. The summed E-state index contributed by atoms with van der Waals surface area (Å²) in [5.74, 6) is 0. The van der Waals surface area contributed by atoms with Crippen molar-refractivity contribution in [3.63, 3.8) is 0 Å². The predicted octanol–water partition coefficient (Wildman–Crippen LogP) is 2.63. The largest absolute Gasteiger partial charge is 0.288 e. The lowest BCUT2D eigenvalue weighted by Crippen LogP contribution is -2.00. The van der Waals surface area contributed by atoms with E-state index in [1.54, 1.807) is 47.0 Å². The fraction of sp³-hybridized carbons (Fsp3) is 0.0769. The summed E-state index contributed by atoms with van der Waals surface area (Å²) in [6, 6.07) is 10.3. The highest BCUT2D eigenvalue weighted by Gasteiger charge is 2.22. The van der Waals surface area contributed by atoms with Crippen LogP contribution in [0.25, 0.3) is 5.65 Å². The van der Waals surface area contributed by atoms with Gasteiger partial charge in [0.15, 0.2) is 5.65 Å². The second-order valence-corrected chi connectivity index (χ2v) is 11.6. The van der Waals surface area contributed by atoms with Crippen LogP contribution in [0.5, 0.6) is 0 Å². The van der Waals surface area contributed by atoms with E-state index in [0.717, 1.165) is 5.56 Å². The Morgan fingerprint density at radius 1 is 1.14 bits per heavy atom. The molecule has 0 amide bonds. The van der Waals surface area contributed by atoms with Crippen LogP contribution in [0.1, 0.15) is 5.56 Å². The molecule has 0 fully saturated rings. The summed E-state index contributed by atoms with van der Waals surface area (Å²) in [6.45, 7) is 1.92. The molecule has 3 aromatic rings. The fourth-order valence-electron chi connectivity index (χ4n) is 1.88. The van der Waals surface area contributed by atoms with Crippen molar-refractivity contribution in [3.8, 4) is 0 Å². The van der Waals surface area contributed by atoms with Crippen LogP contribution in [-0.4, -0.2) is 23.0 Å². The number of hydrogen-bond donors (Lipinski definition) is 2. The fourth-order valence-corrected chi connectivity index (χ4v) is 6.58. The van der Waals surface area contributed by atoms with E-state index in [-0.39, 0.29) is 4.90 Å². The van der Waals surface area contributed by atoms with Gasteiger partial charge in [0.1, 0.15) is 6.33 Å². The third-order valence-corrected chi connectivity index (χ3v) is 10.3. The molecular formula is C13H13N3O2S3. The van der Waals surface area contributed by atoms with Crippen molar-refractivity contribution >= 4 is 35.1 Å². The Bertz CT molecular complexity index is 888. The van der Waals surface area contributed by atoms with Crippen molar-refractivity contribution in [1.29, 1.82) is 0 Å². The number of hydrogen-bond acceptors (Lipinski definition) is 5. The van der Waals surface area contributed by atoms with Crippen molar-refractivity contribution in [2.75, 3.05) is 0 Å². The van der Waals surface area contributed by atoms with Crippen LogP contribution in [-0.2, 0) is 8.87 Å². The Morgan fingerprint density at radius 2 is 1.86 bits per heavy atom. The number of aromatic nitrogens is 3. The molecule has 5 nitrogen and oxygen atoms in total. The molecule has 0 aliphatic rings. The molecule has 0 radical (unpaired) electrons. The summed E-state index contributed by atoms with van der Waals surface area (Å²) in [5.41, 5.74) is 1.69. The van der Waals surface area contributed by atoms with Crippen molar-refractivity contribution in [3.05, 3.63) is 54.5 Å². The minimum absolute atomic E-state index is 0.290. The van der Waals surface area contributed by atoms with Gasteiger partial charge in [-0.15, -0.1) is 21.9 Å². The zero-order valence-electron chi connectivity index (χ0n) is 11.1. The summed E-state index contributed by atoms with van der Waals surface area (Å²) in [4.78, 5) is 0.930. The average molecular weight is 339 g/mol. The van der Waals surface area contributed by atoms with Crippen molar-refractivity contribution in [2.24, 2.45) is 0 Å². The van der Waals surface area contributed by atoms with Gasteiger partial charge in [-0.1, -0.05) is 26.7 Å². The topological polar surface area (TPSA) is 64.3 Å². The molecular weight excluding hydrogens is 326 g/mol. The summed E-state index contributed by atoms with van der Waals surface area (Å²) in [5, 5.41) is 7.67. The molecule has 110 valence electrons. The SMILES string of the molecule is Cc1ccc(S(=O)(=O)[SH](S)c2ccc3nncn3c2)cc1. The minimum Gasteiger partial charge on any atom is -0.288 e. The van der Waals surface area contributed by atoms with Crippen molar-refractivity contribution in [2.45, 2.75) is 16.7 Å². The molecule has 0 saturated heterocycles. The van der Waals surface area contributed by atoms with Crippen molar-refractivity contribution in [1.82, 2.24) is 14.6 Å². The monoisotopic (exact) mass is 339 g/mol. The Balaban J connectivity index is 2.03. The highest BCUT2D eigenvalue weighted by Crippen LogP contribution is 2.49. The van der Waals surface area contributed by atoms with Gasteiger partial charge < -0.3 is 0 Å². The predicted molar refractivity (Wildman–Crippen MR) is 87.6 cm³/mol. The molecule has 8 heteroatoms. The van der Waals surface area contributed by atoms with Gasteiger partial charge in [-0.3, -0.25) is 4.40 Å². The molecule has 3 rings (SSSR count). The number of pyridine rings is 1. The smallest absolute Gasteiger partial charge is 0.222 e. The van der Waals surface area contributed by atoms with E-state index in [4.69, 9.17) is 0 Å². The molecule has 1 unspecified atom stereocenters. The van der Waals surface area contributed by atoms with Crippen LogP contribution >= 0.6 is 20.6 Å². The average Bonchev–Trinajstić information content (AvgIpc) is 2.94. The maximum Gasteiger partial charge on any atom is 0.222 e. The van der Waals surface area contributed by atoms with Gasteiger partial charge in [0, 0.05) is 11.1 Å². The molecule has 2 heterocycles. The molecule has 0 spiro atoms. The van der Waals surface area contributed by atoms with Crippen LogP contribution in [0.2, 0.25) is 0 Å². The number of fused-ring (bicyclic) bond motifs is 1. The van der Waals surface area contributed by atoms with Gasteiger partial charge in [-0.2, -0.15) is 0 Å². The highest BCUT2D eigenvalue weighted by atomic mass is 33.5. The molecule has 2 aromatic heterocycles. The van der Waals surface area contributed by atoms with Gasteiger partial charge in [0.25, 0.3) is 0 Å². The Morgan fingerprint density at radius 3 is 2.57 bits per heavy atom. The lowest BCUT2D eigenvalue weighted by molar-refractivity contribution is 0.610. The molecule has 1 aromatic carbocycles. The molecule has 21 heavy (non-hydrogen) atoms. The molecule has 0 aliphatic heterocycles. The van der Waals surface area contributed by atoms with E-state index in [1.165, 1.54) is 6.33 Å². The lowest BCUT2D eigenvalue weighted by atomic mass is 10.2. The molecule has 0 N–H and O–H groups in total. The first kappa shape index (κ1) is 14.4. The van der Waals surface area contributed by atoms with Gasteiger partial charge >= 0.3 is 0 Å². The molecule has 0 saturated carbocycles. The van der Waals surface area contributed by atoms with E-state index in [1.807, 2.05) is 6.92 Å². The van der Waals surface area contributed by atoms with Gasteiger partial charge in [-0.25, -0.2) is 8.42 Å². The van der Waals surface area contributed by atoms with E-state index in [0.29, 0.717) is 10.5 Å². The number of thiol groups is 2. The second-order valence-electron chi connectivity index (χ2n) is 4.54. The van der Waals surface area contributed by atoms with Crippen LogP contribution in [0.4, 0.5) is 0 Å². The van der Waals surface area contributed by atoms with Crippen molar-refractivity contribution < 1.29 is 8.42 Å². The maximum atomic E-state index is 12.6. The van der Waals surface area contributed by atoms with Crippen LogP contribution in [0.3, 0.4) is 0 Å². The summed E-state index contributed by atoms with van der Waals surface area (Å²) in [6.07, 6.45) is 3.24. The number of benzene rings is 1. The van der Waals surface area contributed by atoms with Crippen LogP contribution < -0.4 is 0 Å². The summed E-state index contributed by atoms with van der Waals surface area (Å²) >= 11 is 4.37. The van der Waals surface area contributed by atoms with E-state index < -0.39 is 17.8 Å². The Labute approximate surface area is 129 Å². The van der Waals surface area contributed by atoms with Gasteiger partial charge in [-0.05, 0) is 31.2 Å². The third-order valence-electron chi connectivity index (χ3n) is 3.04. The number of nitrogens with zero attached hydrogens (tertiary/aromatic N) is 3. The first-order valence-corrected chi connectivity index (χ1v) is 10.7. The minimum atomic E-state index is -3.49. The Kier molecular flexibility index (Phi) is 3.68. The quantitative estimate of drug-likeness (QED) is 0.569. The highest BCUT2D eigenvalue weighted by molar-refractivity contribution is 9.10. The molecule has 0 aliphatic carbocycles. The van der Waals surface area contributed by atoms with Crippen LogP contribution in [0, 0.1) is 6.92 Å². The number of rotatable bonds is 3. The first-order valence-electron chi connectivity index (χ1n) is 6.09. The van der Waals surface area contributed by atoms with Gasteiger partial charge in [0.05, 0.1) is 4.90 Å². The third kappa shape index (κ3) is 2.66. The van der Waals surface area contributed by atoms with Gasteiger partial charge in [0.2, 0.25) is 8.87 Å². The molecule has 0 bridgehead atoms. The first-order chi connectivity index (χ1) is 9.98. The van der Waals surface area contributed by atoms with E-state index in [9.17, 15) is 8.42 Å². The Hall–Kier alpha value is -1.51. The zero-order chi connectivity index (χ0) is 15.0. The maximum absolute atomic E-state index is 12.6. The standard InChI is InChI=1S/C13H13N3O2S3/c1-10-2-5-12(6-3-10)21(17,18)20(19)11-4-7-13-15-14-9-16(13)8-11/h2-9,19-20H,1H3. The normalized spacial score (nSPS) is 14.3. The van der Waals surface area contributed by atoms with E-state index >= 15 is 0 Å². The zero-order valence-corrected chi connectivity index (χ0v) is 13.7. The summed E-state index contributed by atoms with van der Waals surface area (Å²) < 4.78 is 26.9. The lowest BCUT2D eigenvalue weighted by Gasteiger charge is -2.16. The van der Waals surface area contributed by atoms with E-state index in [2.05, 4.69) is 21.9 Å². The second kappa shape index (κ2) is 5.36. The summed E-state index contributed by atoms with van der Waals surface area (Å²) in [7, 11) is -5.15.